The molecule has 3 aromatic rings. The fourth-order valence-electron chi connectivity index (χ4n) is 1.88. The van der Waals surface area contributed by atoms with Gasteiger partial charge in [-0.3, -0.25) is 0 Å². The Labute approximate surface area is 131 Å². The molecule has 0 fully saturated rings. The van der Waals surface area contributed by atoms with Gasteiger partial charge in [0.15, 0.2) is 0 Å². The van der Waals surface area contributed by atoms with E-state index in [1.54, 1.807) is 31.9 Å². The van der Waals surface area contributed by atoms with Crippen LogP contribution in [-0.4, -0.2) is 34.5 Å². The number of hydrogen-bond acceptors (Lipinski definition) is 7. The fourth-order valence-corrected chi connectivity index (χ4v) is 2.29. The molecular weight excluding hydrogens is 354 g/mol. The summed E-state index contributed by atoms with van der Waals surface area (Å²) in [6.45, 7) is 3.69. The van der Waals surface area contributed by atoms with E-state index >= 15 is 0 Å². The van der Waals surface area contributed by atoms with E-state index in [2.05, 4.69) is 25.1 Å². The van der Waals surface area contributed by atoms with E-state index in [1.807, 2.05) is 13.8 Å². The molecule has 107 valence electrons. The van der Waals surface area contributed by atoms with Gasteiger partial charge in [0.05, 0.1) is 0 Å². The molecule has 0 atom stereocenters. The molecule has 0 aromatic carbocycles. The van der Waals surface area contributed by atoms with Gasteiger partial charge >= 0.3 is 131 Å². The van der Waals surface area contributed by atoms with Crippen LogP contribution in [0.15, 0.2) is 12.1 Å². The number of hydrogen-bond donors (Lipinski definition) is 2. The van der Waals surface area contributed by atoms with Crippen molar-refractivity contribution in [3.63, 3.8) is 0 Å². The molecule has 0 aliphatic carbocycles. The summed E-state index contributed by atoms with van der Waals surface area (Å²) >= 11 is 1.68. The van der Waals surface area contributed by atoms with Crippen molar-refractivity contribution < 1.29 is 19.8 Å². The van der Waals surface area contributed by atoms with E-state index in [1.165, 1.54) is 9.36 Å². The molecule has 3 aromatic heterocycles. The van der Waals surface area contributed by atoms with Gasteiger partial charge in [0.1, 0.15) is 0 Å². The van der Waals surface area contributed by atoms with Crippen molar-refractivity contribution in [2.75, 3.05) is 11.5 Å². The maximum absolute atomic E-state index is 5.90. The summed E-state index contributed by atoms with van der Waals surface area (Å²) in [6, 6.07) is 3.48. The first-order valence-corrected chi connectivity index (χ1v) is 7.02. The van der Waals surface area contributed by atoms with E-state index in [9.17, 15) is 0 Å². The van der Waals surface area contributed by atoms with Crippen LogP contribution < -0.4 is 15.7 Å². The zero-order chi connectivity index (χ0) is 15.1. The first kappa shape index (κ1) is 13.7. The van der Waals surface area contributed by atoms with Crippen LogP contribution in [0.3, 0.4) is 0 Å². The Morgan fingerprint density at radius 3 is 1.62 bits per heavy atom. The molecule has 9 nitrogen and oxygen atoms in total. The molecule has 0 unspecified atom stereocenters. The van der Waals surface area contributed by atoms with Crippen molar-refractivity contribution in [1.29, 1.82) is 0 Å². The van der Waals surface area contributed by atoms with Crippen LogP contribution >= 0.6 is 0 Å². The van der Waals surface area contributed by atoms with E-state index in [4.69, 9.17) is 11.5 Å². The van der Waals surface area contributed by atoms with Gasteiger partial charge in [0.2, 0.25) is 0 Å². The molecule has 3 rings (SSSR count). The number of nitrogen functional groups attached to an aromatic ring is 2. The number of nitrogens with two attached hydrogens (primary N) is 2. The van der Waals surface area contributed by atoms with Crippen molar-refractivity contribution in [2.45, 2.75) is 13.8 Å². The van der Waals surface area contributed by atoms with Gasteiger partial charge in [0.25, 0.3) is 0 Å². The molecule has 4 N–H and O–H groups in total. The third kappa shape index (κ3) is 2.52. The molecule has 0 aliphatic rings. The standard InChI is InChI=1S/C11H12N9.Mo/c1-6-3-8(12)19(17-6)10-14-5-15-11(16-10)20-9(13)4-7(2)18-20;/h3-4H,12-13H2,1-2H3;. The first-order valence-electron chi connectivity index (χ1n) is 6.02. The van der Waals surface area contributed by atoms with Crippen molar-refractivity contribution in [3.05, 3.63) is 23.5 Å². The van der Waals surface area contributed by atoms with E-state index in [0.717, 1.165) is 11.4 Å². The molecule has 0 aliphatic heterocycles. The second-order valence-electron chi connectivity index (χ2n) is 4.46. The average molecular weight is 366 g/mol. The summed E-state index contributed by atoms with van der Waals surface area (Å²) in [4.78, 5) is 12.9. The topological polar surface area (TPSA) is 126 Å². The van der Waals surface area contributed by atoms with Gasteiger partial charge in [0, 0.05) is 0 Å². The first-order chi connectivity index (χ1) is 9.94. The van der Waals surface area contributed by atoms with Crippen LogP contribution in [0.4, 0.5) is 11.6 Å². The molecule has 0 radical (unpaired) electrons. The van der Waals surface area contributed by atoms with E-state index < -0.39 is 0 Å². The second-order valence-corrected chi connectivity index (χ2v) is 5.36. The Kier molecular flexibility index (Phi) is 3.21. The summed E-state index contributed by atoms with van der Waals surface area (Å²) in [7, 11) is 0. The second kappa shape index (κ2) is 4.92. The minimum atomic E-state index is 0.332. The van der Waals surface area contributed by atoms with Crippen molar-refractivity contribution >= 4 is 15.8 Å². The Morgan fingerprint density at radius 2 is 1.29 bits per heavy atom. The van der Waals surface area contributed by atoms with Crippen LogP contribution in [-0.2, 0) is 19.8 Å². The molecule has 10 heteroatoms. The Morgan fingerprint density at radius 1 is 0.857 bits per heavy atom. The van der Waals surface area contributed by atoms with Crippen LogP contribution in [0.2, 0.25) is 0 Å². The maximum atomic E-state index is 5.90. The Balaban J connectivity index is 2.17. The monoisotopic (exact) mass is 368 g/mol. The Bertz CT molecular complexity index is 755. The summed E-state index contributed by atoms with van der Waals surface area (Å²) in [5.74, 6) is 1.57. The zero-order valence-electron chi connectivity index (χ0n) is 11.3. The molecule has 21 heavy (non-hydrogen) atoms. The molecule has 0 spiro atoms. The zero-order valence-corrected chi connectivity index (χ0v) is 13.4. The number of nitrogens with zero attached hydrogens (tertiary/aromatic N) is 7. The summed E-state index contributed by atoms with van der Waals surface area (Å²) in [6.07, 6.45) is 0. The summed E-state index contributed by atoms with van der Waals surface area (Å²) < 4.78 is 3.45. The van der Waals surface area contributed by atoms with E-state index in [0.29, 0.717) is 27.7 Å². The van der Waals surface area contributed by atoms with Gasteiger partial charge in [-0.05, 0) is 0 Å². The van der Waals surface area contributed by atoms with Gasteiger partial charge in [-0.25, -0.2) is 0 Å². The average Bonchev–Trinajstić information content (AvgIpc) is 2.90. The molecule has 0 saturated heterocycles. The van der Waals surface area contributed by atoms with Crippen LogP contribution in [0.5, 0.6) is 0 Å². The van der Waals surface area contributed by atoms with Crippen LogP contribution in [0.25, 0.3) is 11.9 Å². The number of aryl methyl sites for hydroxylation is 2. The normalized spacial score (nSPS) is 11.0. The predicted octanol–water partition coefficient (Wildman–Crippen LogP) is -0.804. The van der Waals surface area contributed by atoms with Crippen molar-refractivity contribution in [1.82, 2.24) is 34.5 Å². The third-order valence-corrected chi connectivity index (χ3v) is 3.14. The SMILES string of the molecule is Cc1cc(N)n(-c2n[c]([Mo])nc(-n3nc(C)cc3N)n2)n1. The minimum absolute atomic E-state index is 0.332. The predicted molar refractivity (Wildman–Crippen MR) is 72.0 cm³/mol. The Hall–Kier alpha value is -2.28. The third-order valence-electron chi connectivity index (χ3n) is 2.69. The molecular formula is C11H12MoN9. The fraction of sp³-hybridized carbons (Fsp3) is 0.182. The van der Waals surface area contributed by atoms with Crippen molar-refractivity contribution in [3.8, 4) is 11.9 Å². The van der Waals surface area contributed by atoms with Gasteiger partial charge in [-0.15, -0.1) is 0 Å². The van der Waals surface area contributed by atoms with Crippen LogP contribution in [0.1, 0.15) is 11.4 Å². The van der Waals surface area contributed by atoms with Crippen LogP contribution in [0, 0.1) is 13.8 Å². The van der Waals surface area contributed by atoms with Gasteiger partial charge < -0.3 is 0 Å². The number of aromatic nitrogens is 7. The van der Waals surface area contributed by atoms with Gasteiger partial charge in [-0.2, -0.15) is 0 Å². The quantitative estimate of drug-likeness (QED) is 0.569. The molecule has 0 bridgehead atoms. The van der Waals surface area contributed by atoms with Gasteiger partial charge in [-0.1, -0.05) is 0 Å². The molecule has 0 amide bonds. The van der Waals surface area contributed by atoms with Crippen molar-refractivity contribution in [2.24, 2.45) is 0 Å². The number of rotatable bonds is 2. The molecule has 3 heterocycles. The summed E-state index contributed by atoms with van der Waals surface area (Å²) in [5.41, 5.74) is 13.4. The molecule has 0 saturated carbocycles. The summed E-state index contributed by atoms with van der Waals surface area (Å²) in [5, 5.41) is 8.53. The number of anilines is 2. The van der Waals surface area contributed by atoms with E-state index in [-0.39, 0.29) is 0 Å².